The second-order valence-electron chi connectivity index (χ2n) is 4.27. The lowest BCUT2D eigenvalue weighted by Gasteiger charge is -2.06. The number of hydrogen-bond acceptors (Lipinski definition) is 5. The number of carbonyl (C=O) groups excluding carboxylic acids is 1. The molecule has 1 aromatic heterocycles. The van der Waals surface area contributed by atoms with Crippen LogP contribution in [0.25, 0.3) is 0 Å². The van der Waals surface area contributed by atoms with Gasteiger partial charge in [-0.25, -0.2) is 4.98 Å². The van der Waals surface area contributed by atoms with E-state index in [2.05, 4.69) is 32.3 Å². The van der Waals surface area contributed by atoms with Crippen molar-refractivity contribution in [1.82, 2.24) is 15.2 Å². The van der Waals surface area contributed by atoms with Crippen LogP contribution in [-0.2, 0) is 0 Å². The maximum absolute atomic E-state index is 12.2. The summed E-state index contributed by atoms with van der Waals surface area (Å²) in [6, 6.07) is 6.85. The standard InChI is InChI=1S/C15H14N4O2/c1-10-11(2)18-19-15(16-10)17-14(21)13-8-4-3-6-12(13)7-5-9-20/h3-4,6,8,20H,9H2,1-2H3,(H,16,17,19,21). The molecule has 106 valence electrons. The van der Waals surface area contributed by atoms with Crippen LogP contribution in [-0.4, -0.2) is 32.8 Å². The number of aryl methyl sites for hydroxylation is 2. The summed E-state index contributed by atoms with van der Waals surface area (Å²) in [5.41, 5.74) is 2.33. The SMILES string of the molecule is Cc1nnc(NC(=O)c2ccccc2C#CCO)nc1C. The number of carbonyl (C=O) groups is 1. The largest absolute Gasteiger partial charge is 0.384 e. The Hall–Kier alpha value is -2.78. The van der Waals surface area contributed by atoms with E-state index in [1.165, 1.54) is 0 Å². The molecule has 1 heterocycles. The quantitative estimate of drug-likeness (QED) is 0.805. The molecule has 0 aliphatic carbocycles. The molecule has 2 rings (SSSR count). The topological polar surface area (TPSA) is 88.0 Å². The Labute approximate surface area is 122 Å². The Morgan fingerprint density at radius 1 is 1.24 bits per heavy atom. The number of anilines is 1. The van der Waals surface area contributed by atoms with Crippen molar-refractivity contribution in [1.29, 1.82) is 0 Å². The minimum atomic E-state index is -0.372. The molecular weight excluding hydrogens is 268 g/mol. The van der Waals surface area contributed by atoms with Crippen LogP contribution in [0.4, 0.5) is 5.95 Å². The first-order valence-electron chi connectivity index (χ1n) is 6.30. The van der Waals surface area contributed by atoms with Crippen molar-refractivity contribution in [3.8, 4) is 11.8 Å². The average molecular weight is 282 g/mol. The number of nitrogens with one attached hydrogen (secondary N) is 1. The molecule has 0 atom stereocenters. The Morgan fingerprint density at radius 2 is 2.00 bits per heavy atom. The van der Waals surface area contributed by atoms with Crippen LogP contribution in [0.3, 0.4) is 0 Å². The van der Waals surface area contributed by atoms with Crippen molar-refractivity contribution in [2.45, 2.75) is 13.8 Å². The van der Waals surface area contributed by atoms with Crippen molar-refractivity contribution >= 4 is 11.9 Å². The second kappa shape index (κ2) is 6.59. The van der Waals surface area contributed by atoms with Gasteiger partial charge in [0.05, 0.1) is 17.0 Å². The summed E-state index contributed by atoms with van der Waals surface area (Å²) in [5.74, 6) is 5.03. The minimum absolute atomic E-state index is 0.146. The third-order valence-electron chi connectivity index (χ3n) is 2.79. The van der Waals surface area contributed by atoms with E-state index < -0.39 is 0 Å². The van der Waals surface area contributed by atoms with E-state index in [0.717, 1.165) is 0 Å². The molecule has 2 aromatic rings. The summed E-state index contributed by atoms with van der Waals surface area (Å²) in [4.78, 5) is 16.4. The van der Waals surface area contributed by atoms with E-state index in [1.54, 1.807) is 38.1 Å². The van der Waals surface area contributed by atoms with E-state index in [-0.39, 0.29) is 18.5 Å². The first kappa shape index (κ1) is 14.6. The Balaban J connectivity index is 2.26. The third-order valence-corrected chi connectivity index (χ3v) is 2.79. The number of benzene rings is 1. The van der Waals surface area contributed by atoms with E-state index in [1.807, 2.05) is 0 Å². The Kier molecular flexibility index (Phi) is 4.59. The zero-order valence-corrected chi connectivity index (χ0v) is 11.7. The molecule has 0 saturated carbocycles. The van der Waals surface area contributed by atoms with Gasteiger partial charge in [-0.2, -0.15) is 5.10 Å². The highest BCUT2D eigenvalue weighted by atomic mass is 16.2. The molecular formula is C15H14N4O2. The van der Waals surface area contributed by atoms with Gasteiger partial charge in [0.15, 0.2) is 0 Å². The first-order valence-corrected chi connectivity index (χ1v) is 6.30. The fourth-order valence-electron chi connectivity index (χ4n) is 1.60. The fourth-order valence-corrected chi connectivity index (χ4v) is 1.60. The third kappa shape index (κ3) is 3.61. The lowest BCUT2D eigenvalue weighted by molar-refractivity contribution is 0.102. The zero-order chi connectivity index (χ0) is 15.2. The summed E-state index contributed by atoms with van der Waals surface area (Å²) in [6.45, 7) is 3.32. The number of aromatic nitrogens is 3. The number of aliphatic hydroxyl groups is 1. The summed E-state index contributed by atoms with van der Waals surface area (Å²) in [7, 11) is 0. The number of rotatable bonds is 2. The molecule has 2 N–H and O–H groups in total. The number of nitrogens with zero attached hydrogens (tertiary/aromatic N) is 3. The van der Waals surface area contributed by atoms with Crippen LogP contribution in [0.1, 0.15) is 27.3 Å². The normalized spacial score (nSPS) is 9.67. The van der Waals surface area contributed by atoms with Crippen molar-refractivity contribution in [3.05, 3.63) is 46.8 Å². The van der Waals surface area contributed by atoms with Gasteiger partial charge in [0.25, 0.3) is 5.91 Å². The summed E-state index contributed by atoms with van der Waals surface area (Å²) < 4.78 is 0. The monoisotopic (exact) mass is 282 g/mol. The maximum Gasteiger partial charge on any atom is 0.259 e. The van der Waals surface area contributed by atoms with Crippen molar-refractivity contribution < 1.29 is 9.90 Å². The highest BCUT2D eigenvalue weighted by molar-refractivity contribution is 6.05. The van der Waals surface area contributed by atoms with E-state index >= 15 is 0 Å². The molecule has 21 heavy (non-hydrogen) atoms. The van der Waals surface area contributed by atoms with Gasteiger partial charge in [0.2, 0.25) is 5.95 Å². The van der Waals surface area contributed by atoms with Crippen LogP contribution >= 0.6 is 0 Å². The molecule has 0 bridgehead atoms. The Bertz CT molecular complexity index is 732. The minimum Gasteiger partial charge on any atom is -0.384 e. The van der Waals surface area contributed by atoms with Gasteiger partial charge in [0.1, 0.15) is 6.61 Å². The maximum atomic E-state index is 12.2. The fraction of sp³-hybridized carbons (Fsp3) is 0.200. The summed E-state index contributed by atoms with van der Waals surface area (Å²) in [6.07, 6.45) is 0. The van der Waals surface area contributed by atoms with E-state index in [4.69, 9.17) is 5.11 Å². The van der Waals surface area contributed by atoms with Crippen LogP contribution in [0, 0.1) is 25.7 Å². The number of aliphatic hydroxyl groups excluding tert-OH is 1. The lowest BCUT2D eigenvalue weighted by Crippen LogP contribution is -2.16. The molecule has 6 heteroatoms. The molecule has 6 nitrogen and oxygen atoms in total. The predicted molar refractivity (Wildman–Crippen MR) is 77.7 cm³/mol. The van der Waals surface area contributed by atoms with Gasteiger partial charge < -0.3 is 5.11 Å². The number of hydrogen-bond donors (Lipinski definition) is 2. The van der Waals surface area contributed by atoms with E-state index in [0.29, 0.717) is 22.5 Å². The van der Waals surface area contributed by atoms with Gasteiger partial charge >= 0.3 is 0 Å². The van der Waals surface area contributed by atoms with Gasteiger partial charge in [0, 0.05) is 5.56 Å². The number of amides is 1. The summed E-state index contributed by atoms with van der Waals surface area (Å²) in [5, 5.41) is 19.1. The highest BCUT2D eigenvalue weighted by Gasteiger charge is 2.12. The lowest BCUT2D eigenvalue weighted by atomic mass is 10.1. The van der Waals surface area contributed by atoms with Crippen molar-refractivity contribution in [2.24, 2.45) is 0 Å². The molecule has 0 unspecified atom stereocenters. The second-order valence-corrected chi connectivity index (χ2v) is 4.27. The molecule has 1 aromatic carbocycles. The molecule has 1 amide bonds. The zero-order valence-electron chi connectivity index (χ0n) is 11.7. The Morgan fingerprint density at radius 3 is 2.71 bits per heavy atom. The molecule has 0 aliphatic heterocycles. The van der Waals surface area contributed by atoms with Crippen LogP contribution in [0.5, 0.6) is 0 Å². The molecule has 0 saturated heterocycles. The average Bonchev–Trinajstić information content (AvgIpc) is 2.49. The molecule has 0 spiro atoms. The van der Waals surface area contributed by atoms with Crippen molar-refractivity contribution in [3.63, 3.8) is 0 Å². The van der Waals surface area contributed by atoms with Crippen LogP contribution in [0.2, 0.25) is 0 Å². The van der Waals surface area contributed by atoms with Gasteiger partial charge in [-0.15, -0.1) is 5.10 Å². The van der Waals surface area contributed by atoms with Crippen LogP contribution < -0.4 is 5.32 Å². The van der Waals surface area contributed by atoms with E-state index in [9.17, 15) is 4.79 Å². The van der Waals surface area contributed by atoms with Gasteiger partial charge in [-0.3, -0.25) is 10.1 Å². The van der Waals surface area contributed by atoms with Crippen molar-refractivity contribution in [2.75, 3.05) is 11.9 Å². The summed E-state index contributed by atoms with van der Waals surface area (Å²) >= 11 is 0. The smallest absolute Gasteiger partial charge is 0.259 e. The molecule has 0 fully saturated rings. The molecule has 0 radical (unpaired) electrons. The predicted octanol–water partition coefficient (Wildman–Crippen LogP) is 1.08. The van der Waals surface area contributed by atoms with Gasteiger partial charge in [-0.1, -0.05) is 24.0 Å². The molecule has 0 aliphatic rings. The van der Waals surface area contributed by atoms with Crippen LogP contribution in [0.15, 0.2) is 24.3 Å². The van der Waals surface area contributed by atoms with Gasteiger partial charge in [-0.05, 0) is 26.0 Å². The highest BCUT2D eigenvalue weighted by Crippen LogP contribution is 2.10. The first-order chi connectivity index (χ1) is 10.1.